The molecule has 1 aromatic carbocycles. The number of alkyl halides is 3. The molecule has 0 spiro atoms. The van der Waals surface area contributed by atoms with Crippen LogP contribution in [0, 0.1) is 0 Å². The van der Waals surface area contributed by atoms with Crippen LogP contribution in [0.3, 0.4) is 0 Å². The van der Waals surface area contributed by atoms with E-state index in [0.29, 0.717) is 18.2 Å². The molecule has 0 radical (unpaired) electrons. The van der Waals surface area contributed by atoms with Gasteiger partial charge in [0.05, 0.1) is 10.2 Å². The molecule has 38 heavy (non-hydrogen) atoms. The number of aromatic amines is 1. The Balaban J connectivity index is 1.00. The molecule has 2 aliphatic rings. The quantitative estimate of drug-likeness (QED) is 0.438. The summed E-state index contributed by atoms with van der Waals surface area (Å²) in [5.74, 6) is -0.246. The molecule has 3 aromatic rings. The Morgan fingerprint density at radius 3 is 2.39 bits per heavy atom. The molecular weight excluding hydrogens is 517 g/mol. The smallest absolute Gasteiger partial charge is 0.406 e. The number of ether oxygens (including phenoxy) is 1. The first kappa shape index (κ1) is 26.6. The summed E-state index contributed by atoms with van der Waals surface area (Å²) < 4.78 is 41.8. The van der Waals surface area contributed by atoms with Gasteiger partial charge in [-0.1, -0.05) is 12.1 Å². The first-order chi connectivity index (χ1) is 18.2. The molecule has 2 amide bonds. The first-order valence-electron chi connectivity index (χ1n) is 13.0. The van der Waals surface area contributed by atoms with E-state index in [1.54, 1.807) is 23.5 Å². The fraction of sp³-hybridized carbons (Fsp3) is 0.481. The van der Waals surface area contributed by atoms with Crippen molar-refractivity contribution in [1.29, 1.82) is 0 Å². The minimum atomic E-state index is -4.71. The largest absolute Gasteiger partial charge is 0.573 e. The fourth-order valence-corrected chi connectivity index (χ4v) is 6.18. The van der Waals surface area contributed by atoms with Crippen LogP contribution >= 0.6 is 11.3 Å². The van der Waals surface area contributed by atoms with Crippen molar-refractivity contribution in [3.8, 4) is 5.75 Å². The maximum Gasteiger partial charge on any atom is 0.573 e. The van der Waals surface area contributed by atoms with E-state index in [1.807, 2.05) is 22.4 Å². The highest BCUT2D eigenvalue weighted by Gasteiger charge is 2.32. The number of rotatable bonds is 7. The Morgan fingerprint density at radius 1 is 1.03 bits per heavy atom. The fourth-order valence-electron chi connectivity index (χ4n) is 5.39. The summed E-state index contributed by atoms with van der Waals surface area (Å²) in [6.45, 7) is 3.32. The molecule has 0 unspecified atom stereocenters. The van der Waals surface area contributed by atoms with Crippen LogP contribution in [0.5, 0.6) is 5.75 Å². The van der Waals surface area contributed by atoms with Gasteiger partial charge in [-0.25, -0.2) is 0 Å². The average Bonchev–Trinajstić information content (AvgIpc) is 3.50. The highest BCUT2D eigenvalue weighted by molar-refractivity contribution is 7.17. The molecule has 0 aliphatic carbocycles. The minimum Gasteiger partial charge on any atom is -0.406 e. The van der Waals surface area contributed by atoms with Crippen molar-refractivity contribution >= 4 is 33.4 Å². The van der Waals surface area contributed by atoms with Gasteiger partial charge in [0, 0.05) is 44.7 Å². The van der Waals surface area contributed by atoms with E-state index >= 15 is 0 Å². The molecule has 0 saturated carbocycles. The topological polar surface area (TPSA) is 77.7 Å². The lowest BCUT2D eigenvalue weighted by atomic mass is 9.97. The van der Waals surface area contributed by atoms with E-state index in [9.17, 15) is 22.8 Å². The van der Waals surface area contributed by atoms with Crippen LogP contribution in [0.15, 0.2) is 41.8 Å². The maximum absolute atomic E-state index is 12.9. The van der Waals surface area contributed by atoms with Gasteiger partial charge in [-0.15, -0.1) is 24.5 Å². The Bertz CT molecular complexity index is 1210. The standard InChI is InChI=1S/C27H31F3N4O3S/c28-27(29,30)37-21-4-1-18(2-5-21)3-6-25(35)31-19-7-12-33(13-8-19)20-9-14-34(15-10-20)26(36)23-17-24-22(32-23)11-16-38-24/h1-2,4-5,11,16-17,19-20,32H,3,6-10,12-15H2,(H,31,35). The summed E-state index contributed by atoms with van der Waals surface area (Å²) in [6.07, 6.45) is -0.316. The highest BCUT2D eigenvalue weighted by atomic mass is 32.1. The molecule has 2 saturated heterocycles. The van der Waals surface area contributed by atoms with Gasteiger partial charge in [-0.2, -0.15) is 0 Å². The zero-order chi connectivity index (χ0) is 26.7. The molecule has 0 atom stereocenters. The molecule has 2 N–H and O–H groups in total. The zero-order valence-electron chi connectivity index (χ0n) is 20.9. The Hall–Kier alpha value is -3.05. The number of carbonyl (C=O) groups is 2. The number of nitrogens with zero attached hydrogens (tertiary/aromatic N) is 2. The lowest BCUT2D eigenvalue weighted by molar-refractivity contribution is -0.274. The average molecular weight is 549 g/mol. The number of aromatic nitrogens is 1. The lowest BCUT2D eigenvalue weighted by Gasteiger charge is -2.41. The predicted octanol–water partition coefficient (Wildman–Crippen LogP) is 4.95. The lowest BCUT2D eigenvalue weighted by Crippen LogP contribution is -2.51. The number of amides is 2. The van der Waals surface area contributed by atoms with Gasteiger partial charge in [0.1, 0.15) is 11.4 Å². The number of benzene rings is 1. The Morgan fingerprint density at radius 2 is 1.74 bits per heavy atom. The third kappa shape index (κ3) is 6.68. The number of carbonyl (C=O) groups excluding carboxylic acids is 2. The van der Waals surface area contributed by atoms with E-state index in [4.69, 9.17) is 0 Å². The molecule has 4 heterocycles. The van der Waals surface area contributed by atoms with E-state index in [-0.39, 0.29) is 30.0 Å². The van der Waals surface area contributed by atoms with Gasteiger partial charge in [0.15, 0.2) is 0 Å². The van der Waals surface area contributed by atoms with Gasteiger partial charge in [-0.05, 0) is 67.3 Å². The molecule has 204 valence electrons. The van der Waals surface area contributed by atoms with Crippen molar-refractivity contribution in [3.05, 3.63) is 53.0 Å². The second-order valence-electron chi connectivity index (χ2n) is 9.97. The van der Waals surface area contributed by atoms with E-state index in [2.05, 4.69) is 19.9 Å². The number of nitrogens with one attached hydrogen (secondary N) is 2. The number of thiophene rings is 1. The summed E-state index contributed by atoms with van der Waals surface area (Å²) in [4.78, 5) is 33.0. The van der Waals surface area contributed by atoms with Gasteiger partial charge in [0.2, 0.25) is 5.91 Å². The molecule has 0 bridgehead atoms. The van der Waals surface area contributed by atoms with Gasteiger partial charge < -0.3 is 24.8 Å². The van der Waals surface area contributed by atoms with Crippen LogP contribution in [-0.4, -0.2) is 71.2 Å². The number of hydrogen-bond donors (Lipinski definition) is 2. The van der Waals surface area contributed by atoms with Crippen LogP contribution in [-0.2, 0) is 11.2 Å². The number of H-pyrrole nitrogens is 1. The van der Waals surface area contributed by atoms with Crippen LogP contribution in [0.4, 0.5) is 13.2 Å². The number of aryl methyl sites for hydroxylation is 1. The van der Waals surface area contributed by atoms with Crippen molar-refractivity contribution in [2.45, 2.75) is 57.0 Å². The molecule has 2 fully saturated rings. The summed E-state index contributed by atoms with van der Waals surface area (Å²) in [5.41, 5.74) is 2.46. The Kier molecular flexibility index (Phi) is 7.94. The SMILES string of the molecule is O=C(CCc1ccc(OC(F)(F)F)cc1)NC1CCN(C2CCN(C(=O)c3cc4sccc4[nH]3)CC2)CC1. The summed E-state index contributed by atoms with van der Waals surface area (Å²) in [5, 5.41) is 5.12. The Labute approximate surface area is 222 Å². The zero-order valence-corrected chi connectivity index (χ0v) is 21.7. The van der Waals surface area contributed by atoms with E-state index < -0.39 is 6.36 Å². The third-order valence-electron chi connectivity index (χ3n) is 7.43. The van der Waals surface area contributed by atoms with Crippen molar-refractivity contribution in [1.82, 2.24) is 20.1 Å². The monoisotopic (exact) mass is 548 g/mol. The van der Waals surface area contributed by atoms with Crippen molar-refractivity contribution < 1.29 is 27.5 Å². The summed E-state index contributed by atoms with van der Waals surface area (Å²) in [7, 11) is 0. The number of fused-ring (bicyclic) bond motifs is 1. The predicted molar refractivity (Wildman–Crippen MR) is 139 cm³/mol. The first-order valence-corrected chi connectivity index (χ1v) is 13.8. The second-order valence-corrected chi connectivity index (χ2v) is 10.9. The van der Waals surface area contributed by atoms with Gasteiger partial charge in [0.25, 0.3) is 5.91 Å². The minimum absolute atomic E-state index is 0.0462. The summed E-state index contributed by atoms with van der Waals surface area (Å²) >= 11 is 1.63. The van der Waals surface area contributed by atoms with Crippen LogP contribution in [0.25, 0.3) is 10.2 Å². The summed E-state index contributed by atoms with van der Waals surface area (Å²) in [6, 6.07) is 10.1. The molecule has 5 rings (SSSR count). The van der Waals surface area contributed by atoms with Crippen LogP contribution in [0.1, 0.15) is 48.2 Å². The normalized spacial score (nSPS) is 18.1. The third-order valence-corrected chi connectivity index (χ3v) is 8.29. The highest BCUT2D eigenvalue weighted by Crippen LogP contribution is 2.26. The molecular formula is C27H31F3N4O3S. The molecule has 11 heteroatoms. The molecule has 2 aromatic heterocycles. The van der Waals surface area contributed by atoms with Crippen molar-refractivity contribution in [2.24, 2.45) is 0 Å². The van der Waals surface area contributed by atoms with Crippen LogP contribution in [0.2, 0.25) is 0 Å². The van der Waals surface area contributed by atoms with Gasteiger partial charge in [-0.3, -0.25) is 9.59 Å². The van der Waals surface area contributed by atoms with Crippen molar-refractivity contribution in [3.63, 3.8) is 0 Å². The van der Waals surface area contributed by atoms with E-state index in [1.165, 1.54) is 12.1 Å². The van der Waals surface area contributed by atoms with E-state index in [0.717, 1.165) is 67.6 Å². The van der Waals surface area contributed by atoms with Gasteiger partial charge >= 0.3 is 6.36 Å². The number of halogens is 3. The van der Waals surface area contributed by atoms with Crippen LogP contribution < -0.4 is 10.1 Å². The number of likely N-dealkylation sites (tertiary alicyclic amines) is 2. The number of hydrogen-bond acceptors (Lipinski definition) is 5. The molecule has 7 nitrogen and oxygen atoms in total. The molecule has 2 aliphatic heterocycles. The number of piperidine rings is 2. The van der Waals surface area contributed by atoms with Crippen molar-refractivity contribution in [2.75, 3.05) is 26.2 Å². The maximum atomic E-state index is 12.9. The second kappa shape index (κ2) is 11.4.